The summed E-state index contributed by atoms with van der Waals surface area (Å²) in [4.78, 5) is 0. The highest BCUT2D eigenvalue weighted by Gasteiger charge is 2.64. The van der Waals surface area contributed by atoms with E-state index in [2.05, 4.69) is 13.5 Å². The van der Waals surface area contributed by atoms with E-state index in [0.717, 1.165) is 11.3 Å². The van der Waals surface area contributed by atoms with Crippen LogP contribution in [0.3, 0.4) is 0 Å². The van der Waals surface area contributed by atoms with Crippen molar-refractivity contribution in [2.45, 2.75) is 51.9 Å². The molecule has 0 bridgehead atoms. The molecular formula is C13H20. The van der Waals surface area contributed by atoms with Gasteiger partial charge in [0.1, 0.15) is 0 Å². The van der Waals surface area contributed by atoms with Crippen LogP contribution in [-0.2, 0) is 0 Å². The van der Waals surface area contributed by atoms with Crippen LogP contribution in [0.5, 0.6) is 0 Å². The quantitative estimate of drug-likeness (QED) is 0.491. The Morgan fingerprint density at radius 2 is 2.08 bits per heavy atom. The van der Waals surface area contributed by atoms with E-state index in [4.69, 9.17) is 0 Å². The molecule has 0 aromatic carbocycles. The molecule has 0 unspecified atom stereocenters. The minimum atomic E-state index is 0.618. The third-order valence-corrected chi connectivity index (χ3v) is 5.61. The Morgan fingerprint density at radius 1 is 1.23 bits per heavy atom. The highest BCUT2D eigenvalue weighted by atomic mass is 14.7. The fourth-order valence-electron chi connectivity index (χ4n) is 5.04. The molecular weight excluding hydrogens is 156 g/mol. The number of rotatable bonds is 0. The van der Waals surface area contributed by atoms with Gasteiger partial charge in [0.2, 0.25) is 0 Å². The molecule has 3 aliphatic rings. The molecule has 0 aliphatic heterocycles. The van der Waals surface area contributed by atoms with Gasteiger partial charge in [-0.25, -0.2) is 0 Å². The number of allylic oxidation sites excluding steroid dienone is 1. The first kappa shape index (κ1) is 8.08. The molecule has 3 fully saturated rings. The van der Waals surface area contributed by atoms with Gasteiger partial charge in [0.05, 0.1) is 0 Å². The first-order chi connectivity index (χ1) is 6.21. The van der Waals surface area contributed by atoms with Gasteiger partial charge in [-0.2, -0.15) is 0 Å². The second-order valence-corrected chi connectivity index (χ2v) is 5.65. The van der Waals surface area contributed by atoms with Crippen molar-refractivity contribution in [3.63, 3.8) is 0 Å². The van der Waals surface area contributed by atoms with Gasteiger partial charge in [-0.1, -0.05) is 25.5 Å². The maximum absolute atomic E-state index is 4.38. The van der Waals surface area contributed by atoms with Crippen LogP contribution < -0.4 is 0 Å². The average molecular weight is 176 g/mol. The Balaban J connectivity index is 2.15. The molecule has 0 aromatic heterocycles. The number of hydrogen-bond acceptors (Lipinski definition) is 0. The van der Waals surface area contributed by atoms with Gasteiger partial charge in [-0.3, -0.25) is 0 Å². The lowest BCUT2D eigenvalue weighted by molar-refractivity contribution is 0.151. The lowest BCUT2D eigenvalue weighted by Gasteiger charge is -2.38. The third kappa shape index (κ3) is 0.671. The SMILES string of the molecule is C=C1CC[C@@]23CCC[C@@]12[C@H](C)CC3. The number of hydrogen-bond donors (Lipinski definition) is 0. The zero-order valence-electron chi connectivity index (χ0n) is 8.73. The Hall–Kier alpha value is -0.260. The predicted molar refractivity (Wildman–Crippen MR) is 55.5 cm³/mol. The van der Waals surface area contributed by atoms with E-state index < -0.39 is 0 Å². The molecule has 0 aromatic rings. The largest absolute Gasteiger partial charge is 0.0993 e. The molecule has 0 N–H and O–H groups in total. The fraction of sp³-hybridized carbons (Fsp3) is 0.846. The first-order valence-corrected chi connectivity index (χ1v) is 5.90. The van der Waals surface area contributed by atoms with Crippen LogP contribution in [0.25, 0.3) is 0 Å². The summed E-state index contributed by atoms with van der Waals surface area (Å²) in [5.74, 6) is 0.935. The fourth-order valence-corrected chi connectivity index (χ4v) is 5.04. The molecule has 3 atom stereocenters. The van der Waals surface area contributed by atoms with Crippen molar-refractivity contribution in [1.82, 2.24) is 0 Å². The molecule has 0 spiro atoms. The molecule has 3 saturated carbocycles. The third-order valence-electron chi connectivity index (χ3n) is 5.61. The molecule has 13 heavy (non-hydrogen) atoms. The van der Waals surface area contributed by atoms with Gasteiger partial charge in [0.25, 0.3) is 0 Å². The molecule has 0 heteroatoms. The standard InChI is InChI=1S/C13H20/c1-10-4-8-12-6-3-7-13(10,12)11(2)5-9-12/h11H,1,3-9H2,2H3/t11-,12-,13+/m1/s1. The molecule has 72 valence electrons. The van der Waals surface area contributed by atoms with Crippen LogP contribution in [0.1, 0.15) is 51.9 Å². The molecule has 0 saturated heterocycles. The van der Waals surface area contributed by atoms with Gasteiger partial charge < -0.3 is 0 Å². The van der Waals surface area contributed by atoms with Gasteiger partial charge in [-0.15, -0.1) is 0 Å². The Bertz CT molecular complexity index is 265. The average Bonchev–Trinajstić information content (AvgIpc) is 2.67. The monoisotopic (exact) mass is 176 g/mol. The lowest BCUT2D eigenvalue weighted by atomic mass is 9.66. The molecule has 0 radical (unpaired) electrons. The van der Waals surface area contributed by atoms with E-state index in [-0.39, 0.29) is 0 Å². The zero-order valence-corrected chi connectivity index (χ0v) is 8.73. The van der Waals surface area contributed by atoms with Crippen molar-refractivity contribution in [3.05, 3.63) is 12.2 Å². The molecule has 0 amide bonds. The predicted octanol–water partition coefficient (Wildman–Crippen LogP) is 3.92. The van der Waals surface area contributed by atoms with Crippen molar-refractivity contribution in [3.8, 4) is 0 Å². The Labute approximate surface area is 81.4 Å². The summed E-state index contributed by atoms with van der Waals surface area (Å²) < 4.78 is 0. The minimum Gasteiger partial charge on any atom is -0.0993 e. The van der Waals surface area contributed by atoms with Crippen molar-refractivity contribution in [2.75, 3.05) is 0 Å². The maximum atomic E-state index is 4.38. The summed E-state index contributed by atoms with van der Waals surface area (Å²) in [6.07, 6.45) is 10.2. The van der Waals surface area contributed by atoms with Crippen molar-refractivity contribution in [2.24, 2.45) is 16.7 Å². The van der Waals surface area contributed by atoms with Crippen molar-refractivity contribution < 1.29 is 0 Å². The van der Waals surface area contributed by atoms with Crippen LogP contribution in [0.2, 0.25) is 0 Å². The second-order valence-electron chi connectivity index (χ2n) is 5.65. The van der Waals surface area contributed by atoms with Crippen LogP contribution >= 0.6 is 0 Å². The highest BCUT2D eigenvalue weighted by Crippen LogP contribution is 2.74. The van der Waals surface area contributed by atoms with E-state index in [1.165, 1.54) is 44.9 Å². The zero-order chi connectivity index (χ0) is 9.10. The van der Waals surface area contributed by atoms with Crippen molar-refractivity contribution >= 4 is 0 Å². The summed E-state index contributed by atoms with van der Waals surface area (Å²) in [6, 6.07) is 0. The molecule has 0 heterocycles. The van der Waals surface area contributed by atoms with Gasteiger partial charge in [-0.05, 0) is 55.3 Å². The highest BCUT2D eigenvalue weighted by molar-refractivity contribution is 5.29. The van der Waals surface area contributed by atoms with Gasteiger partial charge in [0.15, 0.2) is 0 Å². The van der Waals surface area contributed by atoms with Crippen LogP contribution in [-0.4, -0.2) is 0 Å². The topological polar surface area (TPSA) is 0 Å². The first-order valence-electron chi connectivity index (χ1n) is 5.90. The Morgan fingerprint density at radius 3 is 2.85 bits per heavy atom. The van der Waals surface area contributed by atoms with Crippen LogP contribution in [0.4, 0.5) is 0 Å². The smallest absolute Gasteiger partial charge is 0.000870 e. The van der Waals surface area contributed by atoms with Crippen molar-refractivity contribution in [1.29, 1.82) is 0 Å². The second kappa shape index (κ2) is 2.21. The Kier molecular flexibility index (Phi) is 1.38. The molecule has 0 nitrogen and oxygen atoms in total. The minimum absolute atomic E-state index is 0.618. The van der Waals surface area contributed by atoms with E-state index in [1.54, 1.807) is 5.57 Å². The molecule has 3 aliphatic carbocycles. The summed E-state index contributed by atoms with van der Waals surface area (Å²) in [7, 11) is 0. The molecule has 3 rings (SSSR count). The summed E-state index contributed by atoms with van der Waals surface area (Å²) in [5.41, 5.74) is 2.98. The lowest BCUT2D eigenvalue weighted by Crippen LogP contribution is -2.31. The van der Waals surface area contributed by atoms with Gasteiger partial charge >= 0.3 is 0 Å². The van der Waals surface area contributed by atoms with E-state index in [1.807, 2.05) is 0 Å². The van der Waals surface area contributed by atoms with Crippen LogP contribution in [0.15, 0.2) is 12.2 Å². The van der Waals surface area contributed by atoms with E-state index in [9.17, 15) is 0 Å². The van der Waals surface area contributed by atoms with Gasteiger partial charge in [0, 0.05) is 0 Å². The van der Waals surface area contributed by atoms with Crippen LogP contribution in [0, 0.1) is 16.7 Å². The van der Waals surface area contributed by atoms with E-state index >= 15 is 0 Å². The maximum Gasteiger partial charge on any atom is -0.000870 e. The van der Waals surface area contributed by atoms with E-state index in [0.29, 0.717) is 5.41 Å². The summed E-state index contributed by atoms with van der Waals surface area (Å²) in [6.45, 7) is 6.85. The summed E-state index contributed by atoms with van der Waals surface area (Å²) >= 11 is 0. The summed E-state index contributed by atoms with van der Waals surface area (Å²) in [5, 5.41) is 0. The normalized spacial score (nSPS) is 53.9.